The summed E-state index contributed by atoms with van der Waals surface area (Å²) < 4.78 is 0. The molecule has 0 spiro atoms. The Hall–Kier alpha value is -0.960. The first-order valence-corrected chi connectivity index (χ1v) is 11.8. The molecular formula is C25H41NO2. The van der Waals surface area contributed by atoms with Gasteiger partial charge >= 0.3 is 0 Å². The van der Waals surface area contributed by atoms with E-state index in [-0.39, 0.29) is 10.8 Å². The monoisotopic (exact) mass is 387 g/mol. The number of hydrogen-bond acceptors (Lipinski definition) is 3. The Kier molecular flexibility index (Phi) is 6.54. The molecular weight excluding hydrogens is 346 g/mol. The standard InChI is InChI=1S/C19H26O2.C6H15N/c1-18-9-7-13(20)11-12(18)3-4-14-15-5-6-17(21)19(15,2)10-8-16(14)18;1-4-7(5-2)6-3/h11,14-16H,3-10H2,1-2H3;4-6H2,1-3H3/t14-,15-,16-,18-,19-;/m0./s1. The van der Waals surface area contributed by atoms with Gasteiger partial charge in [0.2, 0.25) is 0 Å². The molecule has 0 aromatic rings. The normalized spacial score (nSPS) is 39.5. The maximum Gasteiger partial charge on any atom is 0.155 e. The van der Waals surface area contributed by atoms with Crippen molar-refractivity contribution in [3.05, 3.63) is 11.6 Å². The Morgan fingerprint density at radius 2 is 1.50 bits per heavy atom. The molecule has 3 nitrogen and oxygen atoms in total. The second-order valence-electron chi connectivity index (χ2n) is 10.0. The van der Waals surface area contributed by atoms with Crippen LogP contribution in [0.5, 0.6) is 0 Å². The van der Waals surface area contributed by atoms with Crippen LogP contribution >= 0.6 is 0 Å². The Morgan fingerprint density at radius 3 is 2.11 bits per heavy atom. The summed E-state index contributed by atoms with van der Waals surface area (Å²) in [5, 5.41) is 0. The Bertz CT molecular complexity index is 629. The van der Waals surface area contributed by atoms with E-state index in [0.29, 0.717) is 29.3 Å². The van der Waals surface area contributed by atoms with Crippen molar-refractivity contribution >= 4 is 11.6 Å². The van der Waals surface area contributed by atoms with Crippen molar-refractivity contribution in [3.8, 4) is 0 Å². The van der Waals surface area contributed by atoms with Gasteiger partial charge in [0.1, 0.15) is 5.78 Å². The molecule has 0 aromatic heterocycles. The van der Waals surface area contributed by atoms with Crippen LogP contribution in [0.25, 0.3) is 0 Å². The fourth-order valence-corrected chi connectivity index (χ4v) is 7.00. The topological polar surface area (TPSA) is 37.4 Å². The molecule has 3 heteroatoms. The Morgan fingerprint density at radius 1 is 0.857 bits per heavy atom. The molecule has 158 valence electrons. The fourth-order valence-electron chi connectivity index (χ4n) is 7.00. The highest BCUT2D eigenvalue weighted by atomic mass is 16.1. The summed E-state index contributed by atoms with van der Waals surface area (Å²) in [6.07, 6.45) is 10.2. The third-order valence-corrected chi connectivity index (χ3v) is 9.01. The molecule has 0 unspecified atom stereocenters. The molecule has 0 N–H and O–H groups in total. The molecule has 0 radical (unpaired) electrons. The van der Waals surface area contributed by atoms with Gasteiger partial charge in [0.15, 0.2) is 5.78 Å². The molecule has 3 fully saturated rings. The minimum atomic E-state index is -0.0246. The summed E-state index contributed by atoms with van der Waals surface area (Å²) in [6.45, 7) is 14.8. The van der Waals surface area contributed by atoms with Crippen LogP contribution in [0, 0.1) is 28.6 Å². The van der Waals surface area contributed by atoms with Crippen molar-refractivity contribution in [1.29, 1.82) is 0 Å². The molecule has 0 aromatic carbocycles. The van der Waals surface area contributed by atoms with E-state index in [9.17, 15) is 9.59 Å². The van der Waals surface area contributed by atoms with Crippen molar-refractivity contribution in [3.63, 3.8) is 0 Å². The van der Waals surface area contributed by atoms with Crippen molar-refractivity contribution < 1.29 is 9.59 Å². The zero-order valence-corrected chi connectivity index (χ0v) is 18.9. The summed E-state index contributed by atoms with van der Waals surface area (Å²) in [5.74, 6) is 2.88. The van der Waals surface area contributed by atoms with Gasteiger partial charge in [-0.1, -0.05) is 40.2 Å². The van der Waals surface area contributed by atoms with E-state index in [1.165, 1.54) is 38.0 Å². The van der Waals surface area contributed by atoms with Gasteiger partial charge in [0.05, 0.1) is 0 Å². The van der Waals surface area contributed by atoms with Crippen molar-refractivity contribution in [1.82, 2.24) is 4.90 Å². The van der Waals surface area contributed by atoms with E-state index in [0.717, 1.165) is 38.5 Å². The molecule has 4 aliphatic rings. The predicted octanol–water partition coefficient (Wildman–Crippen LogP) is 5.44. The molecule has 0 aliphatic heterocycles. The molecule has 0 amide bonds. The lowest BCUT2D eigenvalue weighted by molar-refractivity contribution is -0.132. The van der Waals surface area contributed by atoms with Crippen molar-refractivity contribution in [2.24, 2.45) is 28.6 Å². The number of rotatable bonds is 3. The average Bonchev–Trinajstić information content (AvgIpc) is 2.99. The SMILES string of the molecule is CCN(CC)CC.C[C@]12CCC(=O)C=C1CC[C@@H]1[C@@H]2CC[C@]2(C)C(=O)CC[C@@H]12. The molecule has 0 heterocycles. The third kappa shape index (κ3) is 3.64. The first kappa shape index (κ1) is 21.7. The van der Waals surface area contributed by atoms with Crippen LogP contribution in [0.4, 0.5) is 0 Å². The van der Waals surface area contributed by atoms with E-state index >= 15 is 0 Å². The summed E-state index contributed by atoms with van der Waals surface area (Å²) in [6, 6.07) is 0. The summed E-state index contributed by atoms with van der Waals surface area (Å²) in [7, 11) is 0. The van der Waals surface area contributed by atoms with Crippen LogP contribution in [0.15, 0.2) is 11.6 Å². The highest BCUT2D eigenvalue weighted by Gasteiger charge is 2.58. The molecule has 0 saturated heterocycles. The van der Waals surface area contributed by atoms with Gasteiger partial charge in [-0.3, -0.25) is 9.59 Å². The van der Waals surface area contributed by atoms with Crippen LogP contribution < -0.4 is 0 Å². The highest BCUT2D eigenvalue weighted by Crippen LogP contribution is 2.64. The number of allylic oxidation sites excluding steroid dienone is 1. The van der Waals surface area contributed by atoms with Crippen molar-refractivity contribution in [2.45, 2.75) is 86.0 Å². The van der Waals surface area contributed by atoms with Crippen LogP contribution in [0.1, 0.15) is 86.0 Å². The Labute approximate surface area is 172 Å². The van der Waals surface area contributed by atoms with Gasteiger partial charge in [-0.2, -0.15) is 0 Å². The maximum atomic E-state index is 12.4. The quantitative estimate of drug-likeness (QED) is 0.647. The number of fused-ring (bicyclic) bond motifs is 5. The first-order valence-electron chi connectivity index (χ1n) is 11.8. The highest BCUT2D eigenvalue weighted by molar-refractivity contribution is 5.91. The maximum absolute atomic E-state index is 12.4. The number of nitrogens with zero attached hydrogens (tertiary/aromatic N) is 1. The average molecular weight is 388 g/mol. The van der Waals surface area contributed by atoms with Crippen LogP contribution in [-0.2, 0) is 9.59 Å². The van der Waals surface area contributed by atoms with E-state index in [1.807, 2.05) is 6.08 Å². The van der Waals surface area contributed by atoms with Gasteiger partial charge in [-0.15, -0.1) is 0 Å². The van der Waals surface area contributed by atoms with E-state index in [4.69, 9.17) is 0 Å². The van der Waals surface area contributed by atoms with Crippen LogP contribution in [0.2, 0.25) is 0 Å². The second-order valence-corrected chi connectivity index (χ2v) is 10.0. The summed E-state index contributed by atoms with van der Waals surface area (Å²) in [4.78, 5) is 26.5. The number of hydrogen-bond donors (Lipinski definition) is 0. The number of ketones is 2. The van der Waals surface area contributed by atoms with Gasteiger partial charge in [-0.05, 0) is 87.4 Å². The van der Waals surface area contributed by atoms with Gasteiger partial charge in [0, 0.05) is 18.3 Å². The first-order chi connectivity index (χ1) is 13.3. The van der Waals surface area contributed by atoms with E-state index < -0.39 is 0 Å². The number of carbonyl (C=O) groups excluding carboxylic acids is 2. The zero-order valence-electron chi connectivity index (χ0n) is 18.9. The van der Waals surface area contributed by atoms with Gasteiger partial charge < -0.3 is 4.90 Å². The molecule has 0 bridgehead atoms. The molecule has 5 atom stereocenters. The lowest BCUT2D eigenvalue weighted by Gasteiger charge is -2.56. The van der Waals surface area contributed by atoms with Crippen molar-refractivity contribution in [2.75, 3.05) is 19.6 Å². The lowest BCUT2D eigenvalue weighted by Crippen LogP contribution is -2.50. The van der Waals surface area contributed by atoms with Gasteiger partial charge in [-0.25, -0.2) is 0 Å². The molecule has 4 rings (SSSR count). The van der Waals surface area contributed by atoms with Crippen LogP contribution in [-0.4, -0.2) is 36.1 Å². The predicted molar refractivity (Wildman–Crippen MR) is 115 cm³/mol. The second kappa shape index (κ2) is 8.42. The number of carbonyl (C=O) groups is 2. The Balaban J connectivity index is 0.000000279. The fraction of sp³-hybridized carbons (Fsp3) is 0.840. The summed E-state index contributed by atoms with van der Waals surface area (Å²) in [5.41, 5.74) is 1.64. The molecule has 28 heavy (non-hydrogen) atoms. The molecule has 4 aliphatic carbocycles. The smallest absolute Gasteiger partial charge is 0.155 e. The van der Waals surface area contributed by atoms with Crippen LogP contribution in [0.3, 0.4) is 0 Å². The van der Waals surface area contributed by atoms with E-state index in [2.05, 4.69) is 39.5 Å². The third-order valence-electron chi connectivity index (χ3n) is 9.01. The lowest BCUT2D eigenvalue weighted by atomic mass is 9.47. The van der Waals surface area contributed by atoms with E-state index in [1.54, 1.807) is 0 Å². The molecule has 3 saturated carbocycles. The minimum absolute atomic E-state index is 0.0246. The summed E-state index contributed by atoms with van der Waals surface area (Å²) >= 11 is 0. The largest absolute Gasteiger partial charge is 0.304 e. The minimum Gasteiger partial charge on any atom is -0.304 e. The van der Waals surface area contributed by atoms with Gasteiger partial charge in [0.25, 0.3) is 0 Å². The zero-order chi connectivity index (χ0) is 20.5. The number of Topliss-reactive ketones (excluding diaryl/α,β-unsaturated/α-hetero) is 1.